The van der Waals surface area contributed by atoms with Crippen LogP contribution in [0.2, 0.25) is 0 Å². The standard InChI is InChI=1S/C13H15N3O4/c1-13(2,3)19-11(17)14-9-6-4-8(5-7-9)10-15-12(18)20-16-10/h4-7H,1-3H3,(H,14,17)(H,15,16,18). The summed E-state index contributed by atoms with van der Waals surface area (Å²) < 4.78 is 9.55. The van der Waals surface area contributed by atoms with Crippen molar-refractivity contribution in [1.29, 1.82) is 0 Å². The highest BCUT2D eigenvalue weighted by Crippen LogP contribution is 2.17. The minimum Gasteiger partial charge on any atom is -0.444 e. The van der Waals surface area contributed by atoms with Gasteiger partial charge in [0.15, 0.2) is 5.82 Å². The molecule has 0 saturated carbocycles. The number of aromatic amines is 1. The molecule has 0 unspecified atom stereocenters. The number of benzene rings is 1. The maximum atomic E-state index is 11.6. The Hall–Kier alpha value is -2.57. The number of ether oxygens (including phenoxy) is 1. The van der Waals surface area contributed by atoms with E-state index in [9.17, 15) is 9.59 Å². The molecule has 7 nitrogen and oxygen atoms in total. The van der Waals surface area contributed by atoms with Crippen LogP contribution in [0.5, 0.6) is 0 Å². The van der Waals surface area contributed by atoms with Crippen LogP contribution in [0.15, 0.2) is 33.6 Å². The zero-order valence-electron chi connectivity index (χ0n) is 11.4. The van der Waals surface area contributed by atoms with Crippen LogP contribution in [0.3, 0.4) is 0 Å². The number of hydrogen-bond donors (Lipinski definition) is 2. The lowest BCUT2D eigenvalue weighted by Crippen LogP contribution is -2.27. The average Bonchev–Trinajstić information content (AvgIpc) is 2.74. The van der Waals surface area contributed by atoms with Gasteiger partial charge in [0.1, 0.15) is 5.60 Å². The predicted molar refractivity (Wildman–Crippen MR) is 72.4 cm³/mol. The van der Waals surface area contributed by atoms with Crippen molar-refractivity contribution >= 4 is 11.8 Å². The monoisotopic (exact) mass is 277 g/mol. The molecular weight excluding hydrogens is 262 g/mol. The molecule has 0 aliphatic heterocycles. The second-order valence-corrected chi connectivity index (χ2v) is 5.15. The summed E-state index contributed by atoms with van der Waals surface area (Å²) in [5, 5.41) is 6.18. The third-order valence-electron chi connectivity index (χ3n) is 2.24. The van der Waals surface area contributed by atoms with Gasteiger partial charge in [-0.15, -0.1) is 0 Å². The summed E-state index contributed by atoms with van der Waals surface area (Å²) in [7, 11) is 0. The summed E-state index contributed by atoms with van der Waals surface area (Å²) in [6.07, 6.45) is -0.528. The zero-order valence-corrected chi connectivity index (χ0v) is 11.4. The summed E-state index contributed by atoms with van der Waals surface area (Å²) in [4.78, 5) is 24.9. The van der Waals surface area contributed by atoms with E-state index >= 15 is 0 Å². The lowest BCUT2D eigenvalue weighted by molar-refractivity contribution is 0.0636. The van der Waals surface area contributed by atoms with Gasteiger partial charge in [0.05, 0.1) is 0 Å². The second-order valence-electron chi connectivity index (χ2n) is 5.15. The fraction of sp³-hybridized carbons (Fsp3) is 0.308. The molecule has 1 amide bonds. The molecule has 0 bridgehead atoms. The smallest absolute Gasteiger partial charge is 0.439 e. The molecular formula is C13H15N3O4. The zero-order chi connectivity index (χ0) is 14.8. The Morgan fingerprint density at radius 3 is 2.45 bits per heavy atom. The van der Waals surface area contributed by atoms with Crippen LogP contribution < -0.4 is 11.1 Å². The molecule has 2 rings (SSSR count). The summed E-state index contributed by atoms with van der Waals surface area (Å²) in [5.41, 5.74) is 0.698. The van der Waals surface area contributed by atoms with Crippen molar-refractivity contribution in [3.05, 3.63) is 34.8 Å². The Kier molecular flexibility index (Phi) is 3.60. The number of carbonyl (C=O) groups is 1. The van der Waals surface area contributed by atoms with E-state index in [1.54, 1.807) is 45.0 Å². The Bertz CT molecular complexity index is 649. The number of anilines is 1. The fourth-order valence-electron chi connectivity index (χ4n) is 1.49. The molecule has 0 aliphatic rings. The van der Waals surface area contributed by atoms with Gasteiger partial charge in [-0.3, -0.25) is 14.8 Å². The average molecular weight is 277 g/mol. The van der Waals surface area contributed by atoms with Gasteiger partial charge in [-0.25, -0.2) is 9.59 Å². The molecule has 0 radical (unpaired) electrons. The van der Waals surface area contributed by atoms with Gasteiger partial charge >= 0.3 is 11.8 Å². The van der Waals surface area contributed by atoms with Gasteiger partial charge < -0.3 is 4.74 Å². The third kappa shape index (κ3) is 3.71. The van der Waals surface area contributed by atoms with Crippen molar-refractivity contribution in [3.63, 3.8) is 0 Å². The molecule has 0 aliphatic carbocycles. The molecule has 7 heteroatoms. The number of rotatable bonds is 2. The van der Waals surface area contributed by atoms with Crippen LogP contribution in [0, 0.1) is 0 Å². The van der Waals surface area contributed by atoms with E-state index in [-0.39, 0.29) is 0 Å². The lowest BCUT2D eigenvalue weighted by atomic mass is 10.2. The number of amides is 1. The predicted octanol–water partition coefficient (Wildman–Crippen LogP) is 2.38. The van der Waals surface area contributed by atoms with E-state index in [2.05, 4.69) is 20.0 Å². The van der Waals surface area contributed by atoms with Crippen molar-refractivity contribution in [2.75, 3.05) is 5.32 Å². The molecule has 0 spiro atoms. The first-order chi connectivity index (χ1) is 9.33. The van der Waals surface area contributed by atoms with Gasteiger partial charge in [0.25, 0.3) is 0 Å². The normalized spacial score (nSPS) is 11.2. The van der Waals surface area contributed by atoms with Crippen molar-refractivity contribution < 1.29 is 14.1 Å². The highest BCUT2D eigenvalue weighted by molar-refractivity contribution is 5.85. The minimum atomic E-state index is -0.615. The Labute approximate surface area is 114 Å². The van der Waals surface area contributed by atoms with Gasteiger partial charge in [0, 0.05) is 11.3 Å². The van der Waals surface area contributed by atoms with Crippen LogP contribution in [0.25, 0.3) is 11.4 Å². The summed E-state index contributed by atoms with van der Waals surface area (Å²) in [6, 6.07) is 6.74. The first kappa shape index (κ1) is 13.9. The molecule has 0 fully saturated rings. The van der Waals surface area contributed by atoms with E-state index in [1.165, 1.54) is 0 Å². The Balaban J connectivity index is 2.05. The SMILES string of the molecule is CC(C)(C)OC(=O)Nc1ccc(-c2noc(=O)[nH]2)cc1. The minimum absolute atomic E-state index is 0.332. The van der Waals surface area contributed by atoms with Crippen LogP contribution in [0.1, 0.15) is 20.8 Å². The number of nitrogens with zero attached hydrogens (tertiary/aromatic N) is 1. The first-order valence-corrected chi connectivity index (χ1v) is 6.00. The van der Waals surface area contributed by atoms with Crippen molar-refractivity contribution in [2.24, 2.45) is 0 Å². The molecule has 1 aromatic heterocycles. The van der Waals surface area contributed by atoms with Gasteiger partial charge in [-0.05, 0) is 45.0 Å². The highest BCUT2D eigenvalue weighted by Gasteiger charge is 2.16. The van der Waals surface area contributed by atoms with E-state index < -0.39 is 17.5 Å². The van der Waals surface area contributed by atoms with Crippen molar-refractivity contribution in [1.82, 2.24) is 10.1 Å². The fourth-order valence-corrected chi connectivity index (χ4v) is 1.49. The molecule has 20 heavy (non-hydrogen) atoms. The van der Waals surface area contributed by atoms with E-state index in [0.717, 1.165) is 0 Å². The number of hydrogen-bond acceptors (Lipinski definition) is 5. The number of H-pyrrole nitrogens is 1. The quantitative estimate of drug-likeness (QED) is 0.878. The molecule has 0 saturated heterocycles. The number of nitrogens with one attached hydrogen (secondary N) is 2. The largest absolute Gasteiger partial charge is 0.444 e. The Morgan fingerprint density at radius 1 is 1.30 bits per heavy atom. The van der Waals surface area contributed by atoms with Crippen molar-refractivity contribution in [3.8, 4) is 11.4 Å². The van der Waals surface area contributed by atoms with E-state index in [0.29, 0.717) is 17.1 Å². The van der Waals surface area contributed by atoms with Crippen molar-refractivity contribution in [2.45, 2.75) is 26.4 Å². The van der Waals surface area contributed by atoms with Crippen LogP contribution in [-0.4, -0.2) is 21.8 Å². The molecule has 1 heterocycles. The second kappa shape index (κ2) is 5.20. The maximum Gasteiger partial charge on any atom is 0.439 e. The van der Waals surface area contributed by atoms with Gasteiger partial charge in [-0.2, -0.15) is 0 Å². The molecule has 2 aromatic rings. The topological polar surface area (TPSA) is 97.2 Å². The lowest BCUT2D eigenvalue weighted by Gasteiger charge is -2.19. The first-order valence-electron chi connectivity index (χ1n) is 6.00. The van der Waals surface area contributed by atoms with Crippen LogP contribution in [-0.2, 0) is 4.74 Å². The third-order valence-corrected chi connectivity index (χ3v) is 2.24. The molecule has 2 N–H and O–H groups in total. The molecule has 1 aromatic carbocycles. The summed E-state index contributed by atoms with van der Waals surface area (Å²) >= 11 is 0. The van der Waals surface area contributed by atoms with Crippen LogP contribution >= 0.6 is 0 Å². The highest BCUT2D eigenvalue weighted by atomic mass is 16.6. The summed E-state index contributed by atoms with van der Waals surface area (Å²) in [6.45, 7) is 5.36. The van der Waals surface area contributed by atoms with Gasteiger partial charge in [-0.1, -0.05) is 5.16 Å². The van der Waals surface area contributed by atoms with E-state index in [1.807, 2.05) is 0 Å². The number of carbonyl (C=O) groups excluding carboxylic acids is 1. The number of aromatic nitrogens is 2. The van der Waals surface area contributed by atoms with E-state index in [4.69, 9.17) is 4.74 Å². The Morgan fingerprint density at radius 2 is 1.95 bits per heavy atom. The van der Waals surface area contributed by atoms with Gasteiger partial charge in [0.2, 0.25) is 0 Å². The summed E-state index contributed by atoms with van der Waals surface area (Å²) in [5.74, 6) is -0.283. The molecule has 0 atom stereocenters. The molecule has 106 valence electrons. The van der Waals surface area contributed by atoms with Crippen LogP contribution in [0.4, 0.5) is 10.5 Å². The maximum absolute atomic E-state index is 11.6.